The van der Waals surface area contributed by atoms with E-state index in [1.54, 1.807) is 0 Å². The minimum atomic E-state index is -0.740. The summed E-state index contributed by atoms with van der Waals surface area (Å²) in [6.07, 6.45) is 9.06. The molecular weight excluding hydrogens is 428 g/mol. The number of carboxylic acids is 1. The van der Waals surface area contributed by atoms with Crippen LogP contribution in [0.15, 0.2) is 24.3 Å². The molecule has 0 aliphatic carbocycles. The summed E-state index contributed by atoms with van der Waals surface area (Å²) in [6.45, 7) is 2.31. The highest BCUT2D eigenvalue weighted by Gasteiger charge is 2.11. The first-order valence-corrected chi connectivity index (χ1v) is 11.4. The molecule has 0 bridgehead atoms. The number of carboxylic acid groups (broad SMARTS) is 1. The molecule has 0 saturated heterocycles. The van der Waals surface area contributed by atoms with Crippen molar-refractivity contribution in [1.29, 1.82) is 0 Å². The van der Waals surface area contributed by atoms with Crippen LogP contribution < -0.4 is 10.6 Å². The molecular formula is C24H35ClN4O3. The van der Waals surface area contributed by atoms with E-state index in [1.807, 2.05) is 6.07 Å². The number of pyridine rings is 2. The molecule has 7 nitrogen and oxygen atoms in total. The van der Waals surface area contributed by atoms with Gasteiger partial charge in [-0.15, -0.1) is 12.4 Å². The minimum absolute atomic E-state index is 0. The lowest BCUT2D eigenvalue weighted by molar-refractivity contribution is -0.137. The Labute approximate surface area is 196 Å². The zero-order valence-corrected chi connectivity index (χ0v) is 19.4. The predicted octanol–water partition coefficient (Wildman–Crippen LogP) is 4.02. The molecule has 2 aliphatic rings. The second kappa shape index (κ2) is 13.9. The number of nitrogens with zero attached hydrogens (tertiary/aromatic N) is 2. The fraction of sp³-hybridized carbons (Fsp3) is 0.542. The Bertz CT molecular complexity index is 863. The van der Waals surface area contributed by atoms with Crippen molar-refractivity contribution in [2.24, 2.45) is 0 Å². The van der Waals surface area contributed by atoms with Gasteiger partial charge < -0.3 is 20.8 Å². The van der Waals surface area contributed by atoms with Gasteiger partial charge in [0.1, 0.15) is 11.6 Å². The van der Waals surface area contributed by atoms with E-state index in [2.05, 4.69) is 38.8 Å². The Morgan fingerprint density at radius 3 is 1.88 bits per heavy atom. The summed E-state index contributed by atoms with van der Waals surface area (Å²) in [5.74, 6) is 1.32. The van der Waals surface area contributed by atoms with Gasteiger partial charge in [0.15, 0.2) is 0 Å². The average molecular weight is 463 g/mol. The molecule has 4 rings (SSSR count). The number of aryl methyl sites for hydroxylation is 4. The van der Waals surface area contributed by atoms with Crippen LogP contribution in [0.5, 0.6) is 0 Å². The van der Waals surface area contributed by atoms with Gasteiger partial charge in [-0.2, -0.15) is 0 Å². The van der Waals surface area contributed by atoms with E-state index in [0.717, 1.165) is 81.1 Å². The molecule has 0 spiro atoms. The molecule has 4 N–H and O–H groups in total. The van der Waals surface area contributed by atoms with Gasteiger partial charge in [-0.3, -0.25) is 4.79 Å². The zero-order chi connectivity index (χ0) is 21.9. The van der Waals surface area contributed by atoms with Gasteiger partial charge in [0, 0.05) is 37.5 Å². The zero-order valence-electron chi connectivity index (χ0n) is 18.6. The molecule has 4 heterocycles. The van der Waals surface area contributed by atoms with Gasteiger partial charge >= 0.3 is 5.97 Å². The van der Waals surface area contributed by atoms with Crippen molar-refractivity contribution in [3.63, 3.8) is 0 Å². The summed E-state index contributed by atoms with van der Waals surface area (Å²) >= 11 is 0. The van der Waals surface area contributed by atoms with E-state index in [1.165, 1.54) is 17.5 Å². The first-order chi connectivity index (χ1) is 15.2. The molecule has 32 heavy (non-hydrogen) atoms. The van der Waals surface area contributed by atoms with Crippen LogP contribution >= 0.6 is 12.4 Å². The Morgan fingerprint density at radius 1 is 0.844 bits per heavy atom. The number of hydrogen-bond donors (Lipinski definition) is 4. The molecule has 0 atom stereocenters. The van der Waals surface area contributed by atoms with Crippen molar-refractivity contribution in [3.8, 4) is 0 Å². The molecule has 0 amide bonds. The molecule has 0 fully saturated rings. The summed E-state index contributed by atoms with van der Waals surface area (Å²) in [5.41, 5.74) is 4.73. The van der Waals surface area contributed by atoms with E-state index in [-0.39, 0.29) is 25.4 Å². The van der Waals surface area contributed by atoms with Crippen LogP contribution in [0.3, 0.4) is 0 Å². The first-order valence-electron chi connectivity index (χ1n) is 11.4. The molecule has 8 heteroatoms. The van der Waals surface area contributed by atoms with Crippen LogP contribution in [0.25, 0.3) is 0 Å². The van der Waals surface area contributed by atoms with E-state index >= 15 is 0 Å². The number of aliphatic carboxylic acids is 1. The van der Waals surface area contributed by atoms with Gasteiger partial charge in [0.05, 0.1) is 0 Å². The van der Waals surface area contributed by atoms with E-state index < -0.39 is 5.97 Å². The van der Waals surface area contributed by atoms with Crippen molar-refractivity contribution >= 4 is 30.0 Å². The SMILES string of the molecule is Cl.O=C(O)CCCc1ccc2c(n1)NCCC2.OCCCCc1ccc2c(n1)NCCC2. The van der Waals surface area contributed by atoms with Gasteiger partial charge in [-0.25, -0.2) is 9.97 Å². The number of anilines is 2. The topological polar surface area (TPSA) is 107 Å². The Hall–Kier alpha value is -2.38. The predicted molar refractivity (Wildman–Crippen MR) is 130 cm³/mol. The number of unbranched alkanes of at least 4 members (excludes halogenated alkanes) is 1. The van der Waals surface area contributed by atoms with Crippen molar-refractivity contribution in [3.05, 3.63) is 46.8 Å². The monoisotopic (exact) mass is 462 g/mol. The first kappa shape index (κ1) is 25.9. The molecule has 0 radical (unpaired) electrons. The molecule has 2 aliphatic heterocycles. The lowest BCUT2D eigenvalue weighted by atomic mass is 10.1. The second-order valence-electron chi connectivity index (χ2n) is 8.11. The van der Waals surface area contributed by atoms with Crippen LogP contribution in [-0.4, -0.2) is 45.8 Å². The number of hydrogen-bond acceptors (Lipinski definition) is 6. The Balaban J connectivity index is 0.000000220. The highest BCUT2D eigenvalue weighted by atomic mass is 35.5. The number of fused-ring (bicyclic) bond motifs is 2. The standard InChI is InChI=1S/C12H16N2O2.C12H18N2O.ClH/c15-11(16)5-1-4-10-7-6-9-3-2-8-13-12(9)14-10;15-9-2-1-5-11-7-6-10-4-3-8-13-12(10)14-11;/h6-7H,1-5,8H2,(H,13,14)(H,15,16);6-7,15H,1-5,8-9H2,(H,13,14);1H. The summed E-state index contributed by atoms with van der Waals surface area (Å²) < 4.78 is 0. The van der Waals surface area contributed by atoms with Gasteiger partial charge in [0.2, 0.25) is 0 Å². The third kappa shape index (κ3) is 8.28. The Morgan fingerprint density at radius 2 is 1.38 bits per heavy atom. The molecule has 2 aromatic rings. The number of rotatable bonds is 8. The summed E-state index contributed by atoms with van der Waals surface area (Å²) in [4.78, 5) is 19.5. The fourth-order valence-electron chi connectivity index (χ4n) is 3.85. The molecule has 2 aromatic heterocycles. The third-order valence-electron chi connectivity index (χ3n) is 5.57. The number of nitrogens with one attached hydrogen (secondary N) is 2. The molecule has 0 saturated carbocycles. The minimum Gasteiger partial charge on any atom is -0.481 e. The highest BCUT2D eigenvalue weighted by molar-refractivity contribution is 5.85. The number of aliphatic hydroxyl groups excluding tert-OH is 1. The summed E-state index contributed by atoms with van der Waals surface area (Å²) in [5, 5.41) is 23.9. The number of halogens is 1. The smallest absolute Gasteiger partial charge is 0.303 e. The summed E-state index contributed by atoms with van der Waals surface area (Å²) in [6, 6.07) is 8.41. The highest BCUT2D eigenvalue weighted by Crippen LogP contribution is 2.21. The lowest BCUT2D eigenvalue weighted by Gasteiger charge is -2.17. The maximum atomic E-state index is 10.4. The molecule has 0 unspecified atom stereocenters. The quantitative estimate of drug-likeness (QED) is 0.439. The number of aromatic nitrogens is 2. The normalized spacial score (nSPS) is 13.8. The largest absolute Gasteiger partial charge is 0.481 e. The van der Waals surface area contributed by atoms with E-state index in [4.69, 9.17) is 10.2 Å². The van der Waals surface area contributed by atoms with E-state index in [9.17, 15) is 4.79 Å². The van der Waals surface area contributed by atoms with Crippen LogP contribution in [-0.2, 0) is 30.5 Å². The van der Waals surface area contributed by atoms with Gasteiger partial charge in [0.25, 0.3) is 0 Å². The summed E-state index contributed by atoms with van der Waals surface area (Å²) in [7, 11) is 0. The Kier molecular flexibility index (Phi) is 11.2. The van der Waals surface area contributed by atoms with Crippen LogP contribution in [0.4, 0.5) is 11.6 Å². The number of aliphatic hydroxyl groups is 1. The molecule has 0 aromatic carbocycles. The van der Waals surface area contributed by atoms with Crippen LogP contribution in [0.1, 0.15) is 61.0 Å². The maximum Gasteiger partial charge on any atom is 0.303 e. The molecule has 176 valence electrons. The average Bonchev–Trinajstić information content (AvgIpc) is 2.79. The van der Waals surface area contributed by atoms with Crippen LogP contribution in [0.2, 0.25) is 0 Å². The van der Waals surface area contributed by atoms with Gasteiger partial charge in [-0.1, -0.05) is 12.1 Å². The lowest BCUT2D eigenvalue weighted by Crippen LogP contribution is -2.14. The van der Waals surface area contributed by atoms with Crippen molar-refractivity contribution in [2.45, 2.75) is 64.2 Å². The maximum absolute atomic E-state index is 10.4. The van der Waals surface area contributed by atoms with Crippen molar-refractivity contribution in [2.75, 3.05) is 30.3 Å². The van der Waals surface area contributed by atoms with Crippen molar-refractivity contribution in [1.82, 2.24) is 9.97 Å². The second-order valence-corrected chi connectivity index (χ2v) is 8.11. The van der Waals surface area contributed by atoms with Crippen molar-refractivity contribution < 1.29 is 15.0 Å². The number of carbonyl (C=O) groups is 1. The van der Waals surface area contributed by atoms with E-state index in [0.29, 0.717) is 6.42 Å². The van der Waals surface area contributed by atoms with Crippen LogP contribution in [0, 0.1) is 0 Å². The third-order valence-corrected chi connectivity index (χ3v) is 5.57. The van der Waals surface area contributed by atoms with Gasteiger partial charge in [-0.05, 0) is 81.0 Å². The fourth-order valence-corrected chi connectivity index (χ4v) is 3.85.